The van der Waals surface area contributed by atoms with Gasteiger partial charge < -0.3 is 15.1 Å². The van der Waals surface area contributed by atoms with Crippen molar-refractivity contribution in [2.75, 3.05) is 37.6 Å². The fourth-order valence-electron chi connectivity index (χ4n) is 4.72. The van der Waals surface area contributed by atoms with Gasteiger partial charge in [0, 0.05) is 38.4 Å². The summed E-state index contributed by atoms with van der Waals surface area (Å²) < 4.78 is 0. The van der Waals surface area contributed by atoms with E-state index >= 15 is 0 Å². The maximum absolute atomic E-state index is 13.2. The van der Waals surface area contributed by atoms with Crippen molar-refractivity contribution in [2.24, 2.45) is 11.3 Å². The highest BCUT2D eigenvalue weighted by molar-refractivity contribution is 5.90. The van der Waals surface area contributed by atoms with Gasteiger partial charge >= 0.3 is 0 Å². The summed E-state index contributed by atoms with van der Waals surface area (Å²) in [5, 5.41) is 12.5. The molecule has 2 heterocycles. The summed E-state index contributed by atoms with van der Waals surface area (Å²) in [5.74, 6) is -0.472. The molecule has 3 aliphatic rings. The van der Waals surface area contributed by atoms with E-state index in [4.69, 9.17) is 5.21 Å². The van der Waals surface area contributed by atoms with Gasteiger partial charge in [-0.15, -0.1) is 0 Å². The lowest BCUT2D eigenvalue weighted by molar-refractivity contribution is -0.145. The third-order valence-electron chi connectivity index (χ3n) is 6.94. The normalized spacial score (nSPS) is 25.9. The van der Waals surface area contributed by atoms with Crippen LogP contribution in [-0.4, -0.2) is 60.7 Å². The van der Waals surface area contributed by atoms with E-state index in [1.807, 2.05) is 4.90 Å². The Kier molecular flexibility index (Phi) is 5.53. The SMILES string of the molecule is CC(C)c1ccc(N2CCN(C(=O)C3NCC4(CC4)CC3C(=O)NO)CC2)cc1. The molecule has 0 bridgehead atoms. The van der Waals surface area contributed by atoms with Crippen LogP contribution in [0.25, 0.3) is 0 Å². The van der Waals surface area contributed by atoms with Crippen molar-refractivity contribution in [3.63, 3.8) is 0 Å². The van der Waals surface area contributed by atoms with Crippen LogP contribution in [0.2, 0.25) is 0 Å². The highest BCUT2D eigenvalue weighted by Crippen LogP contribution is 2.52. The number of hydroxylamine groups is 1. The van der Waals surface area contributed by atoms with E-state index in [-0.39, 0.29) is 11.3 Å². The molecule has 2 saturated heterocycles. The summed E-state index contributed by atoms with van der Waals surface area (Å²) in [7, 11) is 0. The first-order valence-corrected chi connectivity index (χ1v) is 10.7. The van der Waals surface area contributed by atoms with Crippen molar-refractivity contribution < 1.29 is 14.8 Å². The molecule has 1 spiro atoms. The van der Waals surface area contributed by atoms with E-state index in [2.05, 4.69) is 48.3 Å². The zero-order chi connectivity index (χ0) is 20.6. The largest absolute Gasteiger partial charge is 0.368 e. The van der Waals surface area contributed by atoms with Crippen molar-refractivity contribution in [1.82, 2.24) is 15.7 Å². The van der Waals surface area contributed by atoms with Gasteiger partial charge in [-0.25, -0.2) is 5.48 Å². The van der Waals surface area contributed by atoms with Gasteiger partial charge in [0.2, 0.25) is 11.8 Å². The van der Waals surface area contributed by atoms with Gasteiger partial charge in [0.15, 0.2) is 0 Å². The van der Waals surface area contributed by atoms with Gasteiger partial charge in [0.05, 0.1) is 12.0 Å². The molecule has 2 atom stereocenters. The van der Waals surface area contributed by atoms with E-state index in [0.29, 0.717) is 25.4 Å². The average molecular weight is 401 g/mol. The Hall–Kier alpha value is -2.12. The summed E-state index contributed by atoms with van der Waals surface area (Å²) in [6.07, 6.45) is 2.85. The number of benzene rings is 1. The number of hydrogen-bond donors (Lipinski definition) is 3. The van der Waals surface area contributed by atoms with Gasteiger partial charge in [0.1, 0.15) is 0 Å². The Morgan fingerprint density at radius 3 is 2.34 bits per heavy atom. The van der Waals surface area contributed by atoms with Crippen LogP contribution in [-0.2, 0) is 9.59 Å². The number of nitrogens with zero attached hydrogens (tertiary/aromatic N) is 2. The number of piperazine rings is 1. The minimum absolute atomic E-state index is 0.0242. The molecule has 2 aliphatic heterocycles. The minimum atomic E-state index is -0.551. The molecule has 1 saturated carbocycles. The molecule has 7 nitrogen and oxygen atoms in total. The molecule has 3 fully saturated rings. The standard InChI is InChI=1S/C22H32N4O3/c1-15(2)16-3-5-17(6-4-16)25-9-11-26(12-10-25)21(28)19-18(20(27)24-29)13-22(7-8-22)14-23-19/h3-6,15,18-19,23,29H,7-14H2,1-2H3,(H,24,27). The van der Waals surface area contributed by atoms with Crippen LogP contribution < -0.4 is 15.7 Å². The number of carbonyl (C=O) groups is 2. The van der Waals surface area contributed by atoms with Gasteiger partial charge in [-0.2, -0.15) is 0 Å². The number of carbonyl (C=O) groups excluding carboxylic acids is 2. The lowest BCUT2D eigenvalue weighted by atomic mass is 9.81. The molecular weight excluding hydrogens is 368 g/mol. The second-order valence-corrected chi connectivity index (χ2v) is 9.20. The first-order chi connectivity index (χ1) is 13.9. The van der Waals surface area contributed by atoms with Crippen LogP contribution in [0.3, 0.4) is 0 Å². The molecule has 29 heavy (non-hydrogen) atoms. The van der Waals surface area contributed by atoms with Crippen LogP contribution in [0.5, 0.6) is 0 Å². The summed E-state index contributed by atoms with van der Waals surface area (Å²) in [5.41, 5.74) is 4.43. The number of nitrogens with one attached hydrogen (secondary N) is 2. The summed E-state index contributed by atoms with van der Waals surface area (Å²) >= 11 is 0. The second kappa shape index (κ2) is 7.95. The second-order valence-electron chi connectivity index (χ2n) is 9.20. The fourth-order valence-corrected chi connectivity index (χ4v) is 4.72. The van der Waals surface area contributed by atoms with Gasteiger partial charge in [-0.05, 0) is 48.3 Å². The van der Waals surface area contributed by atoms with E-state index in [0.717, 1.165) is 32.5 Å². The average Bonchev–Trinajstić information content (AvgIpc) is 3.51. The first-order valence-electron chi connectivity index (χ1n) is 10.7. The maximum Gasteiger partial charge on any atom is 0.248 e. The van der Waals surface area contributed by atoms with Crippen LogP contribution >= 0.6 is 0 Å². The van der Waals surface area contributed by atoms with Crippen LogP contribution in [0.15, 0.2) is 24.3 Å². The van der Waals surface area contributed by atoms with E-state index in [1.54, 1.807) is 5.48 Å². The Labute approximate surface area is 172 Å². The Morgan fingerprint density at radius 2 is 1.79 bits per heavy atom. The molecule has 7 heteroatoms. The van der Waals surface area contributed by atoms with E-state index in [1.165, 1.54) is 11.3 Å². The van der Waals surface area contributed by atoms with Crippen molar-refractivity contribution in [1.29, 1.82) is 0 Å². The molecule has 0 aromatic heterocycles. The Bertz CT molecular complexity index is 752. The van der Waals surface area contributed by atoms with Gasteiger partial charge in [0.25, 0.3) is 0 Å². The molecular formula is C22H32N4O3. The number of piperidine rings is 1. The minimum Gasteiger partial charge on any atom is -0.368 e. The van der Waals surface area contributed by atoms with E-state index in [9.17, 15) is 9.59 Å². The van der Waals surface area contributed by atoms with Crippen LogP contribution in [0.1, 0.15) is 44.6 Å². The monoisotopic (exact) mass is 400 g/mol. The topological polar surface area (TPSA) is 84.9 Å². The highest BCUT2D eigenvalue weighted by Gasteiger charge is 2.52. The molecule has 2 unspecified atom stereocenters. The summed E-state index contributed by atoms with van der Waals surface area (Å²) in [6, 6.07) is 8.12. The number of anilines is 1. The van der Waals surface area contributed by atoms with Crippen molar-refractivity contribution in [2.45, 2.75) is 45.1 Å². The predicted octanol–water partition coefficient (Wildman–Crippen LogP) is 1.72. The van der Waals surface area contributed by atoms with Gasteiger partial charge in [-0.1, -0.05) is 26.0 Å². The predicted molar refractivity (Wildman–Crippen MR) is 111 cm³/mol. The summed E-state index contributed by atoms with van der Waals surface area (Å²) in [6.45, 7) is 7.99. The van der Waals surface area contributed by atoms with Crippen LogP contribution in [0, 0.1) is 11.3 Å². The van der Waals surface area contributed by atoms with E-state index < -0.39 is 17.9 Å². The molecule has 158 valence electrons. The quantitative estimate of drug-likeness (QED) is 0.529. The van der Waals surface area contributed by atoms with Crippen molar-refractivity contribution >= 4 is 17.5 Å². The smallest absolute Gasteiger partial charge is 0.248 e. The lowest BCUT2D eigenvalue weighted by Gasteiger charge is -2.41. The zero-order valence-electron chi connectivity index (χ0n) is 17.4. The molecule has 4 rings (SSSR count). The maximum atomic E-state index is 13.2. The molecule has 0 radical (unpaired) electrons. The fraction of sp³-hybridized carbons (Fsp3) is 0.636. The van der Waals surface area contributed by atoms with Crippen LogP contribution in [0.4, 0.5) is 5.69 Å². The van der Waals surface area contributed by atoms with Gasteiger partial charge in [-0.3, -0.25) is 14.8 Å². The zero-order valence-corrected chi connectivity index (χ0v) is 17.4. The molecule has 1 aromatic carbocycles. The Morgan fingerprint density at radius 1 is 1.14 bits per heavy atom. The lowest BCUT2D eigenvalue weighted by Crippen LogP contribution is -2.61. The third-order valence-corrected chi connectivity index (χ3v) is 6.94. The molecule has 3 N–H and O–H groups in total. The molecule has 1 aliphatic carbocycles. The Balaban J connectivity index is 1.37. The third kappa shape index (κ3) is 4.12. The first kappa shape index (κ1) is 20.2. The number of hydrogen-bond acceptors (Lipinski definition) is 5. The van der Waals surface area contributed by atoms with Crippen molar-refractivity contribution in [3.05, 3.63) is 29.8 Å². The highest BCUT2D eigenvalue weighted by atomic mass is 16.5. The molecule has 2 amide bonds. The number of rotatable bonds is 4. The summed E-state index contributed by atoms with van der Waals surface area (Å²) in [4.78, 5) is 29.5. The number of amides is 2. The van der Waals surface area contributed by atoms with Crippen molar-refractivity contribution in [3.8, 4) is 0 Å². The molecule has 1 aromatic rings.